The highest BCUT2D eigenvalue weighted by Crippen LogP contribution is 2.30. The van der Waals surface area contributed by atoms with Gasteiger partial charge in [-0.1, -0.05) is 12.2 Å². The number of carbonyl (C=O) groups is 1. The first-order valence-corrected chi connectivity index (χ1v) is 6.87. The molecular formula is C15H24N2O3. The van der Waals surface area contributed by atoms with Crippen LogP contribution < -0.4 is 0 Å². The van der Waals surface area contributed by atoms with E-state index in [4.69, 9.17) is 14.7 Å². The standard InChI is InChI=1S/C15H24N2O3/c1-14(2,3)20-13(18)17-12(9-7-6-8-10-16)11-19-15(17,4)5/h7,9,12H,6,8,11H2,1-5H3/b9-7-/t12-/m0/s1. The lowest BCUT2D eigenvalue weighted by molar-refractivity contribution is -0.0610. The van der Waals surface area contributed by atoms with Gasteiger partial charge in [-0.3, -0.25) is 4.90 Å². The Kier molecular flexibility index (Phi) is 5.18. The first-order chi connectivity index (χ1) is 9.17. The molecule has 0 N–H and O–H groups in total. The Morgan fingerprint density at radius 3 is 2.75 bits per heavy atom. The molecule has 1 rings (SSSR count). The van der Waals surface area contributed by atoms with Gasteiger partial charge in [-0.05, 0) is 41.0 Å². The van der Waals surface area contributed by atoms with Crippen LogP contribution in [0.4, 0.5) is 4.79 Å². The quantitative estimate of drug-likeness (QED) is 0.588. The third-order valence-electron chi connectivity index (χ3n) is 2.89. The molecule has 0 aromatic heterocycles. The van der Waals surface area contributed by atoms with Gasteiger partial charge in [0, 0.05) is 6.42 Å². The average molecular weight is 280 g/mol. The molecule has 0 aliphatic carbocycles. The molecule has 0 aromatic carbocycles. The first kappa shape index (κ1) is 16.5. The zero-order valence-corrected chi connectivity index (χ0v) is 13.0. The van der Waals surface area contributed by atoms with Gasteiger partial charge >= 0.3 is 6.09 Å². The summed E-state index contributed by atoms with van der Waals surface area (Å²) in [6.07, 6.45) is 4.59. The minimum absolute atomic E-state index is 0.154. The molecule has 0 unspecified atom stereocenters. The van der Waals surface area contributed by atoms with Crippen LogP contribution in [-0.4, -0.2) is 35.0 Å². The van der Waals surface area contributed by atoms with Gasteiger partial charge in [0.1, 0.15) is 11.3 Å². The van der Waals surface area contributed by atoms with Crippen LogP contribution in [0.2, 0.25) is 0 Å². The lowest BCUT2D eigenvalue weighted by Crippen LogP contribution is -2.49. The van der Waals surface area contributed by atoms with Crippen LogP contribution in [0.5, 0.6) is 0 Å². The van der Waals surface area contributed by atoms with Crippen LogP contribution in [0.15, 0.2) is 12.2 Å². The summed E-state index contributed by atoms with van der Waals surface area (Å²) in [4.78, 5) is 13.9. The molecule has 1 aliphatic heterocycles. The van der Waals surface area contributed by atoms with Crippen LogP contribution in [0.1, 0.15) is 47.5 Å². The smallest absolute Gasteiger partial charge is 0.413 e. The highest BCUT2D eigenvalue weighted by molar-refractivity contribution is 5.70. The minimum atomic E-state index is -0.688. The van der Waals surface area contributed by atoms with Gasteiger partial charge in [0.15, 0.2) is 0 Å². The molecule has 1 fully saturated rings. The van der Waals surface area contributed by atoms with Gasteiger partial charge in [-0.2, -0.15) is 5.26 Å². The van der Waals surface area contributed by atoms with Gasteiger partial charge in [0.25, 0.3) is 0 Å². The summed E-state index contributed by atoms with van der Waals surface area (Å²) in [5, 5.41) is 8.52. The van der Waals surface area contributed by atoms with Crippen molar-refractivity contribution in [1.82, 2.24) is 4.90 Å². The molecule has 20 heavy (non-hydrogen) atoms. The van der Waals surface area contributed by atoms with Gasteiger partial charge in [0.05, 0.1) is 18.7 Å². The van der Waals surface area contributed by atoms with Gasteiger partial charge in [0.2, 0.25) is 0 Å². The Labute approximate surface area is 121 Å². The van der Waals surface area contributed by atoms with E-state index < -0.39 is 11.3 Å². The number of hydrogen-bond acceptors (Lipinski definition) is 4. The monoisotopic (exact) mass is 280 g/mol. The summed E-state index contributed by atoms with van der Waals surface area (Å²) in [7, 11) is 0. The molecule has 1 heterocycles. The lowest BCUT2D eigenvalue weighted by Gasteiger charge is -2.34. The zero-order chi connectivity index (χ0) is 15.4. The third kappa shape index (κ3) is 4.53. The third-order valence-corrected chi connectivity index (χ3v) is 2.89. The van der Waals surface area contributed by atoms with Crippen molar-refractivity contribution in [3.63, 3.8) is 0 Å². The summed E-state index contributed by atoms with van der Waals surface area (Å²) < 4.78 is 11.1. The average Bonchev–Trinajstić information content (AvgIpc) is 2.58. The molecule has 0 spiro atoms. The molecule has 0 saturated carbocycles. The molecule has 1 amide bonds. The molecule has 112 valence electrons. The maximum absolute atomic E-state index is 12.3. The van der Waals surface area contributed by atoms with Crippen molar-refractivity contribution in [3.05, 3.63) is 12.2 Å². The van der Waals surface area contributed by atoms with E-state index in [0.29, 0.717) is 19.4 Å². The molecule has 1 saturated heterocycles. The predicted octanol–water partition coefficient (Wildman–Crippen LogP) is 3.22. The topological polar surface area (TPSA) is 62.6 Å². The number of allylic oxidation sites excluding steroid dienone is 1. The molecule has 0 bridgehead atoms. The Hall–Kier alpha value is -1.54. The normalized spacial score (nSPS) is 22.0. The lowest BCUT2D eigenvalue weighted by atomic mass is 10.2. The maximum Gasteiger partial charge on any atom is 0.413 e. The highest BCUT2D eigenvalue weighted by atomic mass is 16.6. The molecule has 5 heteroatoms. The van der Waals surface area contributed by atoms with E-state index in [0.717, 1.165) is 0 Å². The molecule has 1 aliphatic rings. The second-order valence-electron chi connectivity index (χ2n) is 6.30. The van der Waals surface area contributed by atoms with E-state index in [2.05, 4.69) is 6.07 Å². The molecular weight excluding hydrogens is 256 g/mol. The van der Waals surface area contributed by atoms with Crippen LogP contribution in [0, 0.1) is 11.3 Å². The van der Waals surface area contributed by atoms with E-state index in [1.165, 1.54) is 0 Å². The fourth-order valence-electron chi connectivity index (χ4n) is 2.04. The Balaban J connectivity index is 2.78. The fourth-order valence-corrected chi connectivity index (χ4v) is 2.04. The summed E-state index contributed by atoms with van der Waals surface area (Å²) in [5.41, 5.74) is -1.22. The van der Waals surface area contributed by atoms with Crippen LogP contribution >= 0.6 is 0 Å². The number of carbonyl (C=O) groups excluding carboxylic acids is 1. The summed E-state index contributed by atoms with van der Waals surface area (Å²) in [6, 6.07) is 1.93. The molecule has 5 nitrogen and oxygen atoms in total. The number of unbranched alkanes of at least 4 members (excludes halogenated alkanes) is 1. The van der Waals surface area contributed by atoms with Gasteiger partial charge in [-0.25, -0.2) is 4.79 Å². The maximum atomic E-state index is 12.3. The van der Waals surface area contributed by atoms with Crippen LogP contribution in [0.3, 0.4) is 0 Å². The number of hydrogen-bond donors (Lipinski definition) is 0. The zero-order valence-electron chi connectivity index (χ0n) is 13.0. The van der Waals surface area contributed by atoms with Crippen molar-refractivity contribution in [2.45, 2.75) is 64.8 Å². The Bertz CT molecular complexity index is 416. The Morgan fingerprint density at radius 2 is 2.20 bits per heavy atom. The summed E-state index contributed by atoms with van der Waals surface area (Å²) in [6.45, 7) is 9.65. The van der Waals surface area contributed by atoms with E-state index in [1.807, 2.05) is 46.8 Å². The second kappa shape index (κ2) is 6.27. The van der Waals surface area contributed by atoms with Crippen LogP contribution in [0.25, 0.3) is 0 Å². The van der Waals surface area contributed by atoms with Crippen molar-refractivity contribution in [2.24, 2.45) is 0 Å². The van der Waals surface area contributed by atoms with E-state index >= 15 is 0 Å². The second-order valence-corrected chi connectivity index (χ2v) is 6.30. The summed E-state index contributed by atoms with van der Waals surface area (Å²) >= 11 is 0. The van der Waals surface area contributed by atoms with Crippen molar-refractivity contribution >= 4 is 6.09 Å². The first-order valence-electron chi connectivity index (χ1n) is 6.87. The number of nitriles is 1. The van der Waals surface area contributed by atoms with Crippen molar-refractivity contribution in [2.75, 3.05) is 6.61 Å². The number of nitrogens with zero attached hydrogens (tertiary/aromatic N) is 2. The summed E-state index contributed by atoms with van der Waals surface area (Å²) in [5.74, 6) is 0. The highest BCUT2D eigenvalue weighted by Gasteiger charge is 2.44. The van der Waals surface area contributed by atoms with Crippen LogP contribution in [-0.2, 0) is 9.47 Å². The predicted molar refractivity (Wildman–Crippen MR) is 75.9 cm³/mol. The van der Waals surface area contributed by atoms with Gasteiger partial charge in [-0.15, -0.1) is 0 Å². The molecule has 1 atom stereocenters. The molecule has 0 aromatic rings. The number of ether oxygens (including phenoxy) is 2. The SMILES string of the molecule is CC(C)(C)OC(=O)N1[C@@H](/C=C\CCC#N)COC1(C)C. The van der Waals surface area contributed by atoms with Crippen molar-refractivity contribution in [1.29, 1.82) is 5.26 Å². The van der Waals surface area contributed by atoms with Crippen molar-refractivity contribution in [3.8, 4) is 6.07 Å². The van der Waals surface area contributed by atoms with E-state index in [1.54, 1.807) is 4.90 Å². The Morgan fingerprint density at radius 1 is 1.55 bits per heavy atom. The van der Waals surface area contributed by atoms with E-state index in [9.17, 15) is 4.79 Å². The number of amides is 1. The van der Waals surface area contributed by atoms with Crippen molar-refractivity contribution < 1.29 is 14.3 Å². The largest absolute Gasteiger partial charge is 0.444 e. The fraction of sp³-hybridized carbons (Fsp3) is 0.733. The van der Waals surface area contributed by atoms with E-state index in [-0.39, 0.29) is 12.1 Å². The number of rotatable bonds is 3. The van der Waals surface area contributed by atoms with Gasteiger partial charge < -0.3 is 9.47 Å². The molecule has 0 radical (unpaired) electrons. The minimum Gasteiger partial charge on any atom is -0.444 e.